The van der Waals surface area contributed by atoms with Crippen LogP contribution in [0.4, 0.5) is 4.39 Å². The van der Waals surface area contributed by atoms with Gasteiger partial charge >= 0.3 is 0 Å². The molecule has 0 aliphatic rings. The molecule has 1 heterocycles. The van der Waals surface area contributed by atoms with Crippen LogP contribution in [0.2, 0.25) is 0 Å². The maximum atomic E-state index is 13.0. The molecular weight excluding hydrogens is 275 g/mol. The van der Waals surface area contributed by atoms with Crippen LogP contribution in [-0.2, 0) is 6.54 Å². The van der Waals surface area contributed by atoms with Gasteiger partial charge in [0.15, 0.2) is 0 Å². The first-order valence-electron chi connectivity index (χ1n) is 4.80. The van der Waals surface area contributed by atoms with Gasteiger partial charge in [-0.25, -0.2) is 4.39 Å². The van der Waals surface area contributed by atoms with E-state index in [-0.39, 0.29) is 5.82 Å². The summed E-state index contributed by atoms with van der Waals surface area (Å²) in [7, 11) is 0. The van der Waals surface area contributed by atoms with Crippen molar-refractivity contribution in [3.8, 4) is 5.75 Å². The van der Waals surface area contributed by atoms with E-state index in [1.165, 1.54) is 12.1 Å². The first-order valence-corrected chi connectivity index (χ1v) is 5.60. The topological polar surface area (TPSA) is 27.1 Å². The van der Waals surface area contributed by atoms with Gasteiger partial charge in [0.25, 0.3) is 0 Å². The summed E-state index contributed by atoms with van der Waals surface area (Å²) >= 11 is 3.21. The number of halogens is 2. The van der Waals surface area contributed by atoms with E-state index in [0.29, 0.717) is 23.4 Å². The van der Waals surface area contributed by atoms with Gasteiger partial charge in [-0.2, -0.15) is 5.10 Å². The van der Waals surface area contributed by atoms with E-state index in [1.807, 2.05) is 12.3 Å². The molecule has 2 aromatic rings. The van der Waals surface area contributed by atoms with Crippen molar-refractivity contribution in [3.05, 3.63) is 46.9 Å². The highest BCUT2D eigenvalue weighted by atomic mass is 79.9. The first kappa shape index (κ1) is 11.1. The number of hydrogen-bond acceptors (Lipinski definition) is 2. The Morgan fingerprint density at radius 3 is 2.94 bits per heavy atom. The quantitative estimate of drug-likeness (QED) is 0.863. The Kier molecular flexibility index (Phi) is 3.56. The number of ether oxygens (including phenoxy) is 1. The van der Waals surface area contributed by atoms with Gasteiger partial charge in [0.05, 0.1) is 6.54 Å². The minimum atomic E-state index is -0.316. The summed E-state index contributed by atoms with van der Waals surface area (Å²) in [6.07, 6.45) is 3.56. The van der Waals surface area contributed by atoms with Crippen LogP contribution >= 0.6 is 15.9 Å². The van der Waals surface area contributed by atoms with Gasteiger partial charge in [-0.1, -0.05) is 15.9 Å². The number of aromatic nitrogens is 2. The zero-order valence-electron chi connectivity index (χ0n) is 8.44. The van der Waals surface area contributed by atoms with Gasteiger partial charge in [-0.05, 0) is 18.2 Å². The van der Waals surface area contributed by atoms with E-state index in [4.69, 9.17) is 4.74 Å². The maximum Gasteiger partial charge on any atom is 0.128 e. The molecule has 0 aliphatic carbocycles. The van der Waals surface area contributed by atoms with Gasteiger partial charge < -0.3 is 4.74 Å². The van der Waals surface area contributed by atoms with Crippen molar-refractivity contribution >= 4 is 15.9 Å². The van der Waals surface area contributed by atoms with Crippen molar-refractivity contribution in [2.75, 3.05) is 6.61 Å². The van der Waals surface area contributed by atoms with Gasteiger partial charge in [0.2, 0.25) is 0 Å². The molecule has 84 valence electrons. The summed E-state index contributed by atoms with van der Waals surface area (Å²) in [5, 5.41) is 4.04. The third-order valence-corrected chi connectivity index (χ3v) is 2.44. The van der Waals surface area contributed by atoms with E-state index in [9.17, 15) is 4.39 Å². The monoisotopic (exact) mass is 284 g/mol. The highest BCUT2D eigenvalue weighted by Gasteiger charge is 2.00. The second kappa shape index (κ2) is 5.12. The Hall–Kier alpha value is -1.36. The summed E-state index contributed by atoms with van der Waals surface area (Å²) in [4.78, 5) is 0. The fraction of sp³-hybridized carbons (Fsp3) is 0.182. The second-order valence-corrected chi connectivity index (χ2v) is 4.14. The van der Waals surface area contributed by atoms with Crippen molar-refractivity contribution in [2.45, 2.75) is 6.54 Å². The van der Waals surface area contributed by atoms with E-state index in [1.54, 1.807) is 16.9 Å². The molecule has 0 radical (unpaired) electrons. The van der Waals surface area contributed by atoms with Gasteiger partial charge in [-0.3, -0.25) is 4.68 Å². The van der Waals surface area contributed by atoms with Crippen LogP contribution in [0.3, 0.4) is 0 Å². The Morgan fingerprint density at radius 2 is 2.25 bits per heavy atom. The van der Waals surface area contributed by atoms with E-state index >= 15 is 0 Å². The predicted molar refractivity (Wildman–Crippen MR) is 61.8 cm³/mol. The second-order valence-electron chi connectivity index (χ2n) is 3.22. The summed E-state index contributed by atoms with van der Waals surface area (Å²) in [6, 6.07) is 6.32. The van der Waals surface area contributed by atoms with Crippen LogP contribution in [0, 0.1) is 5.82 Å². The lowest BCUT2D eigenvalue weighted by atomic mass is 10.3. The zero-order valence-corrected chi connectivity index (χ0v) is 10.0. The SMILES string of the molecule is Fc1cc(Br)cc(OCCn2cccn2)c1. The lowest BCUT2D eigenvalue weighted by molar-refractivity contribution is 0.290. The predicted octanol–water partition coefficient (Wildman–Crippen LogP) is 2.86. The molecule has 0 bridgehead atoms. The zero-order chi connectivity index (χ0) is 11.4. The average Bonchev–Trinajstić information content (AvgIpc) is 2.69. The smallest absolute Gasteiger partial charge is 0.128 e. The molecule has 3 nitrogen and oxygen atoms in total. The van der Waals surface area contributed by atoms with Crippen LogP contribution in [0.25, 0.3) is 0 Å². The maximum absolute atomic E-state index is 13.0. The van der Waals surface area contributed by atoms with Crippen molar-refractivity contribution in [1.29, 1.82) is 0 Å². The largest absolute Gasteiger partial charge is 0.492 e. The van der Waals surface area contributed by atoms with Gasteiger partial charge in [0.1, 0.15) is 18.2 Å². The molecule has 2 rings (SSSR count). The Bertz CT molecular complexity index is 439. The van der Waals surface area contributed by atoms with Crippen molar-refractivity contribution < 1.29 is 9.13 Å². The highest BCUT2D eigenvalue weighted by Crippen LogP contribution is 2.20. The Morgan fingerprint density at radius 1 is 1.38 bits per heavy atom. The molecule has 0 fully saturated rings. The fourth-order valence-electron chi connectivity index (χ4n) is 1.30. The molecule has 16 heavy (non-hydrogen) atoms. The van der Waals surface area contributed by atoms with E-state index in [2.05, 4.69) is 21.0 Å². The summed E-state index contributed by atoms with van der Waals surface area (Å²) < 4.78 is 20.8. The van der Waals surface area contributed by atoms with Crippen molar-refractivity contribution in [1.82, 2.24) is 9.78 Å². The molecule has 0 atom stereocenters. The lowest BCUT2D eigenvalue weighted by Gasteiger charge is -2.06. The van der Waals surface area contributed by atoms with Gasteiger partial charge in [-0.15, -0.1) is 0 Å². The summed E-state index contributed by atoms with van der Waals surface area (Å²) in [5.41, 5.74) is 0. The summed E-state index contributed by atoms with van der Waals surface area (Å²) in [5.74, 6) is 0.197. The Labute approximate surface area is 101 Å². The standard InChI is InChI=1S/C11H10BrFN2O/c12-9-6-10(13)8-11(7-9)16-5-4-15-3-1-2-14-15/h1-3,6-8H,4-5H2. The van der Waals surface area contributed by atoms with E-state index < -0.39 is 0 Å². The normalized spacial score (nSPS) is 10.4. The van der Waals surface area contributed by atoms with Crippen molar-refractivity contribution in [3.63, 3.8) is 0 Å². The Balaban J connectivity index is 1.89. The third-order valence-electron chi connectivity index (χ3n) is 1.98. The molecule has 1 aromatic heterocycles. The van der Waals surface area contributed by atoms with Crippen LogP contribution < -0.4 is 4.74 Å². The molecule has 0 N–H and O–H groups in total. The molecule has 0 unspecified atom stereocenters. The van der Waals surface area contributed by atoms with Crippen LogP contribution in [0.5, 0.6) is 5.75 Å². The van der Waals surface area contributed by atoms with Crippen LogP contribution in [0.1, 0.15) is 0 Å². The van der Waals surface area contributed by atoms with Crippen molar-refractivity contribution in [2.24, 2.45) is 0 Å². The number of nitrogens with zero attached hydrogens (tertiary/aromatic N) is 2. The average molecular weight is 285 g/mol. The third kappa shape index (κ3) is 3.06. The molecule has 0 saturated heterocycles. The first-order chi connectivity index (χ1) is 7.74. The van der Waals surface area contributed by atoms with E-state index in [0.717, 1.165) is 0 Å². The number of hydrogen-bond donors (Lipinski definition) is 0. The molecular formula is C11H10BrFN2O. The molecule has 0 aliphatic heterocycles. The molecule has 0 saturated carbocycles. The molecule has 0 amide bonds. The highest BCUT2D eigenvalue weighted by molar-refractivity contribution is 9.10. The van der Waals surface area contributed by atoms with Crippen LogP contribution in [-0.4, -0.2) is 16.4 Å². The summed E-state index contributed by atoms with van der Waals surface area (Å²) in [6.45, 7) is 1.10. The van der Waals surface area contributed by atoms with Crippen LogP contribution in [0.15, 0.2) is 41.1 Å². The fourth-order valence-corrected chi connectivity index (χ4v) is 1.75. The molecule has 1 aromatic carbocycles. The van der Waals surface area contributed by atoms with Gasteiger partial charge in [0, 0.05) is 22.9 Å². The minimum Gasteiger partial charge on any atom is -0.492 e. The lowest BCUT2D eigenvalue weighted by Crippen LogP contribution is -2.08. The molecule has 0 spiro atoms. The molecule has 5 heteroatoms. The minimum absolute atomic E-state index is 0.316. The number of rotatable bonds is 4. The number of benzene rings is 1.